The summed E-state index contributed by atoms with van der Waals surface area (Å²) in [6.45, 7) is 7.92. The number of rotatable bonds is 20. The molecule has 14 heteroatoms. The minimum atomic E-state index is -1.75. The third kappa shape index (κ3) is 20.3. The van der Waals surface area contributed by atoms with E-state index < -0.39 is 48.7 Å². The first-order valence-electron chi connectivity index (χ1n) is 16.0. The predicted octanol–water partition coefficient (Wildman–Crippen LogP) is 8.41. The summed E-state index contributed by atoms with van der Waals surface area (Å²) in [5.74, 6) is -0.876. The van der Waals surface area contributed by atoms with Crippen LogP contribution < -0.4 is 0 Å². The summed E-state index contributed by atoms with van der Waals surface area (Å²) >= 11 is 0. The second kappa shape index (κ2) is 27.3. The number of hydrogen-bond donors (Lipinski definition) is 0. The third-order valence-electron chi connectivity index (χ3n) is 5.53. The highest BCUT2D eigenvalue weighted by Crippen LogP contribution is 2.29. The smallest absolute Gasteiger partial charge is 0.441 e. The van der Waals surface area contributed by atoms with Gasteiger partial charge in [0.15, 0.2) is 0 Å². The van der Waals surface area contributed by atoms with Crippen LogP contribution in [0.2, 0.25) is 0 Å². The number of allylic oxidation sites excluding steroid dienone is 4. The lowest BCUT2D eigenvalue weighted by Gasteiger charge is -2.32. The van der Waals surface area contributed by atoms with Crippen LogP contribution in [0.5, 0.6) is 0 Å². The highest BCUT2D eigenvalue weighted by atomic mass is 16.8. The Labute approximate surface area is 281 Å². The summed E-state index contributed by atoms with van der Waals surface area (Å²) in [4.78, 5) is 49.3. The van der Waals surface area contributed by atoms with Gasteiger partial charge in [-0.15, -0.1) is 0 Å². The molecule has 2 atom stereocenters. The summed E-state index contributed by atoms with van der Waals surface area (Å²) in [5.41, 5.74) is 0. The van der Waals surface area contributed by atoms with Crippen molar-refractivity contribution in [2.45, 2.75) is 91.6 Å². The van der Waals surface area contributed by atoms with E-state index in [9.17, 15) is 19.2 Å². The zero-order chi connectivity index (χ0) is 35.2. The Morgan fingerprint density at radius 1 is 0.479 bits per heavy atom. The van der Waals surface area contributed by atoms with E-state index in [-0.39, 0.29) is 26.4 Å². The number of hydrogen-bond acceptors (Lipinski definition) is 14. The average molecular weight is 681 g/mol. The van der Waals surface area contributed by atoms with Gasteiger partial charge in [0.1, 0.15) is 12.5 Å². The zero-order valence-corrected chi connectivity index (χ0v) is 28.1. The van der Waals surface area contributed by atoms with E-state index in [2.05, 4.69) is 0 Å². The van der Waals surface area contributed by atoms with Crippen LogP contribution in [0.25, 0.3) is 0 Å². The maximum absolute atomic E-state index is 12.5. The van der Waals surface area contributed by atoms with Crippen molar-refractivity contribution >= 4 is 24.6 Å². The lowest BCUT2D eigenvalue weighted by Crippen LogP contribution is -2.38. The molecule has 48 heavy (non-hydrogen) atoms. The van der Waals surface area contributed by atoms with Gasteiger partial charge in [0.25, 0.3) is 0 Å². The molecule has 1 aliphatic rings. The molecule has 0 aromatic heterocycles. The fraction of sp³-hybridized carbons (Fsp3) is 0.529. The lowest BCUT2D eigenvalue weighted by molar-refractivity contribution is -0.204. The number of carbonyl (C=O) groups excluding carboxylic acids is 4. The van der Waals surface area contributed by atoms with Crippen molar-refractivity contribution < 1.29 is 66.5 Å². The molecule has 0 aliphatic carbocycles. The molecule has 1 saturated heterocycles. The monoisotopic (exact) mass is 680 g/mol. The molecule has 0 radical (unpaired) electrons. The van der Waals surface area contributed by atoms with E-state index in [0.29, 0.717) is 25.7 Å². The van der Waals surface area contributed by atoms with Crippen LogP contribution in [0, 0.1) is 0 Å². The fourth-order valence-electron chi connectivity index (χ4n) is 3.31. The van der Waals surface area contributed by atoms with Crippen LogP contribution >= 0.6 is 0 Å². The van der Waals surface area contributed by atoms with Gasteiger partial charge < -0.3 is 47.4 Å². The molecule has 0 spiro atoms. The second-order valence-electron chi connectivity index (χ2n) is 9.48. The molecule has 1 heterocycles. The van der Waals surface area contributed by atoms with Crippen molar-refractivity contribution in [3.05, 3.63) is 72.7 Å². The van der Waals surface area contributed by atoms with Crippen molar-refractivity contribution in [3.8, 4) is 0 Å². The summed E-state index contributed by atoms with van der Waals surface area (Å²) < 4.78 is 51.8. The molecule has 0 amide bonds. The molecular formula is C34H48O14. The van der Waals surface area contributed by atoms with Gasteiger partial charge in [-0.3, -0.25) is 0 Å². The Morgan fingerprint density at radius 2 is 0.771 bits per heavy atom. The van der Waals surface area contributed by atoms with Crippen LogP contribution in [-0.4, -0.2) is 63.6 Å². The summed E-state index contributed by atoms with van der Waals surface area (Å²) in [5, 5.41) is 0. The molecule has 1 rings (SSSR count). The molecule has 0 bridgehead atoms. The van der Waals surface area contributed by atoms with Crippen LogP contribution in [-0.2, 0) is 47.4 Å². The quantitative estimate of drug-likeness (QED) is 0.0396. The molecule has 0 aromatic rings. The Bertz CT molecular complexity index is 1050. The van der Waals surface area contributed by atoms with Crippen molar-refractivity contribution in [2.75, 3.05) is 26.4 Å². The first-order valence-corrected chi connectivity index (χ1v) is 16.0. The maximum Gasteiger partial charge on any atom is 0.513 e. The number of carbonyl (C=O) groups is 4. The lowest BCUT2D eigenvalue weighted by atomic mass is 10.3. The predicted molar refractivity (Wildman–Crippen MR) is 172 cm³/mol. The molecule has 1 fully saturated rings. The van der Waals surface area contributed by atoms with Gasteiger partial charge in [0.05, 0.1) is 26.4 Å². The molecule has 0 N–H and O–H groups in total. The molecule has 2 unspecified atom stereocenters. The fourth-order valence-corrected chi connectivity index (χ4v) is 3.31. The minimum Gasteiger partial charge on any atom is -0.441 e. The van der Waals surface area contributed by atoms with E-state index in [1.165, 1.54) is 0 Å². The van der Waals surface area contributed by atoms with Crippen LogP contribution in [0.3, 0.4) is 0 Å². The maximum atomic E-state index is 12.5. The number of ether oxygens (including phenoxy) is 10. The van der Waals surface area contributed by atoms with Crippen LogP contribution in [0.15, 0.2) is 72.7 Å². The van der Waals surface area contributed by atoms with Gasteiger partial charge in [0.2, 0.25) is 11.5 Å². The summed E-state index contributed by atoms with van der Waals surface area (Å²) in [6.07, 6.45) is 13.5. The largest absolute Gasteiger partial charge is 0.513 e. The standard InChI is InChI=1S/C34H48O14/c1-5-9-13-17-21-39-31(35)43-25-27-29(47-33(37)41-23-19-15-11-7-3)46-28(26-44-32(36)40-22-18-14-10-6-2)30(45-27)48-34(38)42-24-20-16-12-8-4/h9-16,25-26,29-30H,5-8,17-24H2,1-4H3. The van der Waals surface area contributed by atoms with Gasteiger partial charge in [-0.05, 0) is 51.4 Å². The van der Waals surface area contributed by atoms with E-state index in [4.69, 9.17) is 47.4 Å². The van der Waals surface area contributed by atoms with Crippen molar-refractivity contribution in [2.24, 2.45) is 0 Å². The van der Waals surface area contributed by atoms with Crippen molar-refractivity contribution in [1.82, 2.24) is 0 Å². The normalized spacial score (nSPS) is 17.8. The molecule has 14 nitrogen and oxygen atoms in total. The first-order chi connectivity index (χ1) is 23.3. The highest BCUT2D eigenvalue weighted by Gasteiger charge is 2.39. The SMILES string of the molecule is CCC=CCCOC(=O)OC=C1OC(OC(=O)OCCC=CCC)C(=COC(=O)OCCC=CCC)OC1OC(=O)OCCC=CCC. The van der Waals surface area contributed by atoms with E-state index in [1.54, 1.807) is 0 Å². The molecule has 1 aliphatic heterocycles. The van der Waals surface area contributed by atoms with Crippen molar-refractivity contribution in [1.29, 1.82) is 0 Å². The van der Waals surface area contributed by atoms with Crippen molar-refractivity contribution in [3.63, 3.8) is 0 Å². The second-order valence-corrected chi connectivity index (χ2v) is 9.48. The van der Waals surface area contributed by atoms with Gasteiger partial charge in [-0.2, -0.15) is 0 Å². The molecular weight excluding hydrogens is 632 g/mol. The topological polar surface area (TPSA) is 161 Å². The summed E-state index contributed by atoms with van der Waals surface area (Å²) in [7, 11) is 0. The molecule has 0 saturated carbocycles. The Morgan fingerprint density at radius 3 is 1.06 bits per heavy atom. The third-order valence-corrected chi connectivity index (χ3v) is 5.53. The first kappa shape index (κ1) is 41.1. The Balaban J connectivity index is 3.15. The van der Waals surface area contributed by atoms with E-state index in [1.807, 2.05) is 76.3 Å². The molecule has 0 aromatic carbocycles. The van der Waals surface area contributed by atoms with Gasteiger partial charge in [0, 0.05) is 0 Å². The Hall–Kier alpha value is -4.88. The van der Waals surface area contributed by atoms with E-state index >= 15 is 0 Å². The summed E-state index contributed by atoms with van der Waals surface area (Å²) in [6, 6.07) is 0. The minimum absolute atomic E-state index is 0.00657. The van der Waals surface area contributed by atoms with Crippen LogP contribution in [0.1, 0.15) is 79.1 Å². The van der Waals surface area contributed by atoms with Gasteiger partial charge in [-0.25, -0.2) is 19.2 Å². The highest BCUT2D eigenvalue weighted by molar-refractivity contribution is 5.62. The zero-order valence-electron chi connectivity index (χ0n) is 28.1. The van der Waals surface area contributed by atoms with Gasteiger partial charge in [-0.1, -0.05) is 76.3 Å². The van der Waals surface area contributed by atoms with Gasteiger partial charge >= 0.3 is 37.2 Å². The van der Waals surface area contributed by atoms with Crippen LogP contribution in [0.4, 0.5) is 19.2 Å². The Kier molecular flexibility index (Phi) is 23.4. The molecule has 268 valence electrons. The van der Waals surface area contributed by atoms with E-state index in [0.717, 1.165) is 38.2 Å². The average Bonchev–Trinajstić information content (AvgIpc) is 3.07.